The summed E-state index contributed by atoms with van der Waals surface area (Å²) in [4.78, 5) is 0. The van der Waals surface area contributed by atoms with Gasteiger partial charge in [0.25, 0.3) is 0 Å². The third kappa shape index (κ3) is 1.61. The molecule has 1 unspecified atom stereocenters. The summed E-state index contributed by atoms with van der Waals surface area (Å²) < 4.78 is 1.15. The molecule has 1 saturated carbocycles. The Labute approximate surface area is 93.8 Å². The SMILES string of the molecule is CC(CN)C1(c2ccc(Br)cc2)CC1. The molecule has 0 saturated heterocycles. The molecule has 0 amide bonds. The van der Waals surface area contributed by atoms with Crippen molar-refractivity contribution in [2.75, 3.05) is 6.54 Å². The Bertz CT molecular complexity index is 314. The molecule has 1 aliphatic rings. The second-order valence-corrected chi connectivity index (χ2v) is 5.22. The number of rotatable bonds is 3. The third-order valence-electron chi connectivity index (χ3n) is 3.50. The normalized spacial score (nSPS) is 20.5. The Morgan fingerprint density at radius 1 is 1.36 bits per heavy atom. The average molecular weight is 254 g/mol. The minimum Gasteiger partial charge on any atom is -0.330 e. The van der Waals surface area contributed by atoms with Gasteiger partial charge in [0.1, 0.15) is 0 Å². The van der Waals surface area contributed by atoms with Crippen molar-refractivity contribution in [3.8, 4) is 0 Å². The van der Waals surface area contributed by atoms with Crippen molar-refractivity contribution in [2.45, 2.75) is 25.2 Å². The lowest BCUT2D eigenvalue weighted by Gasteiger charge is -2.22. The van der Waals surface area contributed by atoms with E-state index in [4.69, 9.17) is 5.73 Å². The molecule has 1 atom stereocenters. The van der Waals surface area contributed by atoms with Crippen molar-refractivity contribution >= 4 is 15.9 Å². The van der Waals surface area contributed by atoms with E-state index in [9.17, 15) is 0 Å². The molecule has 1 aromatic carbocycles. The fraction of sp³-hybridized carbons (Fsp3) is 0.500. The van der Waals surface area contributed by atoms with E-state index < -0.39 is 0 Å². The van der Waals surface area contributed by atoms with Gasteiger partial charge in [0.05, 0.1) is 0 Å². The lowest BCUT2D eigenvalue weighted by molar-refractivity contribution is 0.450. The molecule has 14 heavy (non-hydrogen) atoms. The van der Waals surface area contributed by atoms with E-state index in [2.05, 4.69) is 47.1 Å². The van der Waals surface area contributed by atoms with Gasteiger partial charge >= 0.3 is 0 Å². The predicted octanol–water partition coefficient (Wildman–Crippen LogP) is 3.08. The first-order chi connectivity index (χ1) is 6.69. The fourth-order valence-corrected chi connectivity index (χ4v) is 2.47. The van der Waals surface area contributed by atoms with Gasteiger partial charge in [-0.15, -0.1) is 0 Å². The van der Waals surface area contributed by atoms with Crippen molar-refractivity contribution in [3.63, 3.8) is 0 Å². The fourth-order valence-electron chi connectivity index (χ4n) is 2.21. The topological polar surface area (TPSA) is 26.0 Å². The van der Waals surface area contributed by atoms with Crippen LogP contribution in [0, 0.1) is 5.92 Å². The summed E-state index contributed by atoms with van der Waals surface area (Å²) in [5, 5.41) is 0. The minimum absolute atomic E-state index is 0.398. The zero-order valence-corrected chi connectivity index (χ0v) is 10.0. The first-order valence-corrected chi connectivity index (χ1v) is 5.94. The summed E-state index contributed by atoms with van der Waals surface area (Å²) in [6.45, 7) is 3.05. The van der Waals surface area contributed by atoms with Gasteiger partial charge in [-0.25, -0.2) is 0 Å². The molecular formula is C12H16BrN. The van der Waals surface area contributed by atoms with Crippen LogP contribution >= 0.6 is 15.9 Å². The molecule has 0 spiro atoms. The Kier molecular flexibility index (Phi) is 2.67. The molecule has 1 fully saturated rings. The van der Waals surface area contributed by atoms with E-state index in [1.807, 2.05) is 0 Å². The number of benzene rings is 1. The van der Waals surface area contributed by atoms with Crippen molar-refractivity contribution < 1.29 is 0 Å². The lowest BCUT2D eigenvalue weighted by Crippen LogP contribution is -2.25. The molecule has 76 valence electrons. The lowest BCUT2D eigenvalue weighted by atomic mass is 9.84. The van der Waals surface area contributed by atoms with E-state index in [1.165, 1.54) is 18.4 Å². The summed E-state index contributed by atoms with van der Waals surface area (Å²) in [6, 6.07) is 8.70. The molecule has 2 N–H and O–H groups in total. The number of halogens is 1. The highest BCUT2D eigenvalue weighted by Crippen LogP contribution is 2.53. The van der Waals surface area contributed by atoms with E-state index in [0.29, 0.717) is 11.3 Å². The van der Waals surface area contributed by atoms with Crippen LogP contribution in [-0.2, 0) is 5.41 Å². The standard InChI is InChI=1S/C12H16BrN/c1-9(8-14)12(6-7-12)10-2-4-11(13)5-3-10/h2-5,9H,6-8,14H2,1H3. The molecule has 0 radical (unpaired) electrons. The first-order valence-electron chi connectivity index (χ1n) is 5.15. The number of hydrogen-bond acceptors (Lipinski definition) is 1. The molecule has 0 aromatic heterocycles. The Hall–Kier alpha value is -0.340. The van der Waals surface area contributed by atoms with E-state index in [0.717, 1.165) is 11.0 Å². The van der Waals surface area contributed by atoms with Gasteiger partial charge in [-0.3, -0.25) is 0 Å². The van der Waals surface area contributed by atoms with Crippen LogP contribution in [0.5, 0.6) is 0 Å². The van der Waals surface area contributed by atoms with Gasteiger partial charge in [0.15, 0.2) is 0 Å². The molecule has 0 heterocycles. The quantitative estimate of drug-likeness (QED) is 0.881. The zero-order valence-electron chi connectivity index (χ0n) is 8.46. The van der Waals surface area contributed by atoms with Gasteiger partial charge in [-0.05, 0) is 48.4 Å². The Balaban J connectivity index is 2.26. The summed E-state index contributed by atoms with van der Waals surface area (Å²) in [7, 11) is 0. The second-order valence-electron chi connectivity index (χ2n) is 4.30. The van der Waals surface area contributed by atoms with Crippen LogP contribution in [0.15, 0.2) is 28.7 Å². The second kappa shape index (κ2) is 3.67. The summed E-state index contributed by atoms with van der Waals surface area (Å²) >= 11 is 3.46. The highest BCUT2D eigenvalue weighted by atomic mass is 79.9. The van der Waals surface area contributed by atoms with Gasteiger partial charge in [-0.1, -0.05) is 35.0 Å². The maximum Gasteiger partial charge on any atom is 0.0175 e. The van der Waals surface area contributed by atoms with Gasteiger partial charge < -0.3 is 5.73 Å². The van der Waals surface area contributed by atoms with Gasteiger partial charge in [0.2, 0.25) is 0 Å². The highest BCUT2D eigenvalue weighted by Gasteiger charge is 2.47. The van der Waals surface area contributed by atoms with Gasteiger partial charge in [-0.2, -0.15) is 0 Å². The van der Waals surface area contributed by atoms with E-state index in [-0.39, 0.29) is 0 Å². The molecule has 1 aromatic rings. The Morgan fingerprint density at radius 3 is 2.36 bits per heavy atom. The molecule has 1 aliphatic carbocycles. The minimum atomic E-state index is 0.398. The van der Waals surface area contributed by atoms with Crippen molar-refractivity contribution in [1.29, 1.82) is 0 Å². The van der Waals surface area contributed by atoms with Gasteiger partial charge in [0, 0.05) is 4.47 Å². The van der Waals surface area contributed by atoms with Crippen molar-refractivity contribution in [2.24, 2.45) is 11.7 Å². The highest BCUT2D eigenvalue weighted by molar-refractivity contribution is 9.10. The summed E-state index contributed by atoms with van der Waals surface area (Å²) in [6.07, 6.45) is 2.60. The Morgan fingerprint density at radius 2 is 1.93 bits per heavy atom. The molecular weight excluding hydrogens is 238 g/mol. The van der Waals surface area contributed by atoms with Crippen LogP contribution in [0.25, 0.3) is 0 Å². The molecule has 2 rings (SSSR count). The van der Waals surface area contributed by atoms with Crippen LogP contribution in [-0.4, -0.2) is 6.54 Å². The maximum absolute atomic E-state index is 5.76. The van der Waals surface area contributed by atoms with Crippen molar-refractivity contribution in [1.82, 2.24) is 0 Å². The van der Waals surface area contributed by atoms with Crippen LogP contribution in [0.1, 0.15) is 25.3 Å². The van der Waals surface area contributed by atoms with E-state index in [1.54, 1.807) is 0 Å². The molecule has 2 heteroatoms. The van der Waals surface area contributed by atoms with Crippen LogP contribution < -0.4 is 5.73 Å². The smallest absolute Gasteiger partial charge is 0.0175 e. The molecule has 1 nitrogen and oxygen atoms in total. The monoisotopic (exact) mass is 253 g/mol. The summed E-state index contributed by atoms with van der Waals surface area (Å²) in [5.74, 6) is 0.601. The zero-order chi connectivity index (χ0) is 10.2. The molecule has 0 bridgehead atoms. The molecule has 0 aliphatic heterocycles. The van der Waals surface area contributed by atoms with Crippen LogP contribution in [0.2, 0.25) is 0 Å². The van der Waals surface area contributed by atoms with Crippen LogP contribution in [0.3, 0.4) is 0 Å². The van der Waals surface area contributed by atoms with E-state index >= 15 is 0 Å². The maximum atomic E-state index is 5.76. The largest absolute Gasteiger partial charge is 0.330 e. The average Bonchev–Trinajstić information content (AvgIpc) is 2.99. The number of hydrogen-bond donors (Lipinski definition) is 1. The van der Waals surface area contributed by atoms with Crippen LogP contribution in [0.4, 0.5) is 0 Å². The summed E-state index contributed by atoms with van der Waals surface area (Å²) in [5.41, 5.74) is 7.61. The number of nitrogens with two attached hydrogens (primary N) is 1. The van der Waals surface area contributed by atoms with Crippen molar-refractivity contribution in [3.05, 3.63) is 34.3 Å². The first kappa shape index (κ1) is 10.2. The third-order valence-corrected chi connectivity index (χ3v) is 4.03. The predicted molar refractivity (Wildman–Crippen MR) is 63.3 cm³/mol.